The average Bonchev–Trinajstić information content (AvgIpc) is 1.06. The largest absolute Gasteiger partial charge is 0.482 e. The van der Waals surface area contributed by atoms with Gasteiger partial charge in [-0.3, -0.25) is 23.5 Å². The number of carbonyl (C=O) groups excluding carboxylic acids is 2. The van der Waals surface area contributed by atoms with Gasteiger partial charge in [-0.05, 0) is 194 Å². The van der Waals surface area contributed by atoms with E-state index in [1.54, 1.807) is 122 Å². The Bertz CT molecular complexity index is 6260. The first-order valence-corrected chi connectivity index (χ1v) is 46.8. The smallest absolute Gasteiger partial charge is 0.410 e. The number of pyridine rings is 4. The highest BCUT2D eigenvalue weighted by molar-refractivity contribution is 6.38. The minimum atomic E-state index is -0.978. The summed E-state index contributed by atoms with van der Waals surface area (Å²) in [6.45, 7) is 25.0. The molecule has 3 aliphatic heterocycles. The molecule has 4 aromatic carbocycles. The van der Waals surface area contributed by atoms with Crippen LogP contribution in [0.25, 0.3) is 44.5 Å². The Morgan fingerprint density at radius 1 is 0.426 bits per heavy atom. The molecule has 41 heteroatoms. The molecular formula is C95H105Cl8F4N19O10. The SMILES string of the molecule is CC(Oc1cc(-c2cnn(CC3(O)CCC(C(=O)OC(C)(C)C)CC3)c2)cnc1N)c1c(Cl)ccc(F)c1Cl.CC(Oc1cc(-c2cnn(CC3(O)CCNCC3)c2)cnc1N)c1c(Cl)ccc(F)c1Cl.CC(Oc1cc(-c2cnn(CC3CN(C(=O)OC(C)(C)C)C3)c2)cnc1N)c1c(Cl)ccc(F)c1Cl.CC(Oc1cc(-c2cnn(CC3CNC3)c2)cnc1N)c1c(Cl)ccc(F)c1Cl. The number of likely N-dealkylation sites (tertiary alicyclic amines) is 1. The van der Waals surface area contributed by atoms with Crippen LogP contribution >= 0.6 is 92.8 Å². The van der Waals surface area contributed by atoms with Crippen molar-refractivity contribution in [3.63, 3.8) is 0 Å². The maximum Gasteiger partial charge on any atom is 0.410 e. The van der Waals surface area contributed by atoms with E-state index in [2.05, 4.69) is 51.0 Å². The van der Waals surface area contributed by atoms with Crippen LogP contribution in [0.3, 0.4) is 0 Å². The summed E-state index contributed by atoms with van der Waals surface area (Å²) in [4.78, 5) is 43.2. The third kappa shape index (κ3) is 26.2. The summed E-state index contributed by atoms with van der Waals surface area (Å²) >= 11 is 49.3. The minimum absolute atomic E-state index is 0.0700. The predicted octanol–water partition coefficient (Wildman–Crippen LogP) is 20.9. The Kier molecular flexibility index (Phi) is 33.2. The van der Waals surface area contributed by atoms with Crippen LogP contribution in [0.1, 0.15) is 154 Å². The fourth-order valence-corrected chi connectivity index (χ4v) is 18.4. The fraction of sp³-hybridized carbons (Fsp3) is 0.389. The van der Waals surface area contributed by atoms with Gasteiger partial charge in [0.05, 0.1) is 75.1 Å². The molecule has 4 fully saturated rings. The molecule has 29 nitrogen and oxygen atoms in total. The highest BCUT2D eigenvalue weighted by Crippen LogP contribution is 2.45. The van der Waals surface area contributed by atoms with Gasteiger partial charge in [0.15, 0.2) is 46.3 Å². The normalized spacial score (nSPS) is 17.0. The van der Waals surface area contributed by atoms with Crippen LogP contribution in [0.4, 0.5) is 45.6 Å². The number of nitrogen functional groups attached to an aromatic ring is 4. The van der Waals surface area contributed by atoms with E-state index >= 15 is 0 Å². The summed E-state index contributed by atoms with van der Waals surface area (Å²) in [5, 5.41) is 46.9. The second-order valence-electron chi connectivity index (χ2n) is 36.0. The zero-order valence-electron chi connectivity index (χ0n) is 76.0. The third-order valence-electron chi connectivity index (χ3n) is 23.0. The maximum absolute atomic E-state index is 14.0. The van der Waals surface area contributed by atoms with Crippen LogP contribution in [0, 0.1) is 41.0 Å². The van der Waals surface area contributed by atoms with E-state index in [0.717, 1.165) is 71.7 Å². The molecule has 0 bridgehead atoms. The topological polar surface area (TPSA) is 384 Å². The third-order valence-corrected chi connectivity index (χ3v) is 25.9. The van der Waals surface area contributed by atoms with E-state index in [9.17, 15) is 37.4 Å². The van der Waals surface area contributed by atoms with Gasteiger partial charge >= 0.3 is 12.1 Å². The van der Waals surface area contributed by atoms with Crippen molar-refractivity contribution < 1.29 is 65.8 Å². The molecule has 4 atom stereocenters. The minimum Gasteiger partial charge on any atom is -0.482 e. The quantitative estimate of drug-likeness (QED) is 0.0150. The number of anilines is 4. The molecule has 12 N–H and O–H groups in total. The molecule has 16 rings (SSSR count). The summed E-state index contributed by atoms with van der Waals surface area (Å²) in [6.07, 6.45) is 21.3. The summed E-state index contributed by atoms with van der Waals surface area (Å²) in [5.74, 6) is 0.153. The molecule has 1 amide bonds. The van der Waals surface area contributed by atoms with Crippen molar-refractivity contribution in [2.45, 2.75) is 181 Å². The molecule has 1 aliphatic carbocycles. The lowest BCUT2D eigenvalue weighted by atomic mass is 9.78. The van der Waals surface area contributed by atoms with Crippen LogP contribution in [0.15, 0.2) is 147 Å². The van der Waals surface area contributed by atoms with Gasteiger partial charge in [-0.15, -0.1) is 0 Å². The van der Waals surface area contributed by atoms with Gasteiger partial charge < -0.3 is 77.1 Å². The van der Waals surface area contributed by atoms with Crippen molar-refractivity contribution in [3.8, 4) is 67.5 Å². The number of nitrogens with zero attached hydrogens (tertiary/aromatic N) is 13. The number of rotatable bonds is 25. The number of esters is 1. The average molecular weight is 2030 g/mol. The number of piperidine rings is 1. The number of aliphatic hydroxyl groups is 2. The Labute approximate surface area is 823 Å². The number of halogens is 12. The van der Waals surface area contributed by atoms with Crippen molar-refractivity contribution in [2.24, 2.45) is 17.8 Å². The first-order valence-electron chi connectivity index (χ1n) is 43.7. The van der Waals surface area contributed by atoms with Gasteiger partial charge in [-0.2, -0.15) is 20.4 Å². The van der Waals surface area contributed by atoms with Crippen molar-refractivity contribution in [1.82, 2.24) is 74.6 Å². The molecule has 4 unspecified atom stereocenters. The fourth-order valence-electron chi connectivity index (χ4n) is 15.7. The van der Waals surface area contributed by atoms with E-state index in [1.165, 1.54) is 48.5 Å². The van der Waals surface area contributed by atoms with Crippen molar-refractivity contribution in [1.29, 1.82) is 0 Å². The molecule has 3 saturated heterocycles. The Morgan fingerprint density at radius 3 is 1.02 bits per heavy atom. The zero-order valence-corrected chi connectivity index (χ0v) is 82.1. The molecule has 12 aromatic rings. The Balaban J connectivity index is 0.000000154. The number of nitrogens with one attached hydrogen (secondary N) is 2. The first kappa shape index (κ1) is 103. The lowest BCUT2D eigenvalue weighted by Crippen LogP contribution is -2.52. The molecule has 4 aliphatic rings. The lowest BCUT2D eigenvalue weighted by molar-refractivity contribution is -0.163. The van der Waals surface area contributed by atoms with E-state index < -0.39 is 70.1 Å². The number of ether oxygens (including phenoxy) is 6. The first-order chi connectivity index (χ1) is 64.3. The van der Waals surface area contributed by atoms with Crippen LogP contribution in [-0.2, 0) is 40.4 Å². The number of nitrogens with two attached hydrogens (primary N) is 4. The summed E-state index contributed by atoms with van der Waals surface area (Å²) in [7, 11) is 0. The number of aromatic nitrogens is 12. The van der Waals surface area contributed by atoms with Crippen LogP contribution in [0.2, 0.25) is 40.2 Å². The molecular weight excluding hydrogens is 1930 g/mol. The molecule has 8 aromatic heterocycles. The molecule has 724 valence electrons. The van der Waals surface area contributed by atoms with E-state index in [-0.39, 0.29) is 84.6 Å². The van der Waals surface area contributed by atoms with E-state index in [1.807, 2.05) is 69.5 Å². The van der Waals surface area contributed by atoms with Crippen LogP contribution < -0.4 is 52.5 Å². The number of amides is 1. The van der Waals surface area contributed by atoms with Gasteiger partial charge in [0.1, 0.15) is 58.9 Å². The highest BCUT2D eigenvalue weighted by atomic mass is 35.5. The van der Waals surface area contributed by atoms with Crippen LogP contribution in [-0.4, -0.2) is 148 Å². The second-order valence-corrected chi connectivity index (χ2v) is 39.2. The number of benzene rings is 4. The van der Waals surface area contributed by atoms with E-state index in [4.69, 9.17) is 144 Å². The standard InChI is InChI=1S/C28H33Cl2FN4O4.C25H28Cl2FN5O3.C22H24Cl2FN5O2.C20H20Cl2FN5O/c1-16(23-20(29)5-6-21(31)24(23)30)38-22-11-18(12-33-25(22)32)19-13-34-35(14-19)15-28(37)9-7-17(8-10-28)26(36)39-27(2,3)4;1-14(21-18(26)5-6-19(28)22(21)27)35-20-7-16(8-30-23(20)29)17-9-31-33(13-17)12-15-10-32(11-15)24(34)36-25(2,3)4;1-13(19-16(23)2-3-17(25)20(19)24)32-18-8-14(9-28-21(18)26)15-10-29-30(11-15)12-22(31)4-6-27-7-5-22;1-11(18-15(21)2-3-16(23)19(18)22)29-17-4-13(7-26-20(17)24)14-8-27-28(10-14)9-12-5-25-6-12/h5-6,11-14,16-17,37H,7-10,15H2,1-4H3,(H2,32,33);5-9,13-15H,10-12H2,1-4H3,(H2,29,30);2-3,8-11,13,27,31H,4-7,12H2,1H3,(H2,26,28);2-4,7-8,10-12,25H,5-6,9H2,1H3,(H2,24,26). The molecule has 0 spiro atoms. The van der Waals surface area contributed by atoms with Crippen molar-refractivity contribution >= 4 is 128 Å². The highest BCUT2D eigenvalue weighted by Gasteiger charge is 2.40. The van der Waals surface area contributed by atoms with E-state index in [0.29, 0.717) is 131 Å². The van der Waals surface area contributed by atoms with Gasteiger partial charge in [-0.1, -0.05) is 92.8 Å². The number of hydrogen-bond acceptors (Lipinski definition) is 24. The van der Waals surface area contributed by atoms with Crippen LogP contribution in [0.5, 0.6) is 23.0 Å². The summed E-state index contributed by atoms with van der Waals surface area (Å²) < 4.78 is 97.6. The predicted molar refractivity (Wildman–Crippen MR) is 519 cm³/mol. The van der Waals surface area contributed by atoms with Gasteiger partial charge in [0, 0.05) is 188 Å². The number of hydrogen-bond donors (Lipinski definition) is 8. The Morgan fingerprint density at radius 2 is 0.721 bits per heavy atom. The zero-order chi connectivity index (χ0) is 98.2. The molecule has 1 saturated carbocycles. The maximum atomic E-state index is 14.0. The Hall–Kier alpha value is -10.7. The van der Waals surface area contributed by atoms with Gasteiger partial charge in [0.2, 0.25) is 0 Å². The summed E-state index contributed by atoms with van der Waals surface area (Å²) in [6, 6.07) is 17.5. The lowest BCUT2D eigenvalue weighted by Gasteiger charge is -2.39. The van der Waals surface area contributed by atoms with Crippen molar-refractivity contribution in [2.75, 3.05) is 62.2 Å². The van der Waals surface area contributed by atoms with Crippen molar-refractivity contribution in [3.05, 3.63) is 233 Å². The molecule has 0 radical (unpaired) electrons. The second kappa shape index (κ2) is 44.0. The van der Waals surface area contributed by atoms with Gasteiger partial charge in [-0.25, -0.2) is 42.3 Å². The summed E-state index contributed by atoms with van der Waals surface area (Å²) in [5.41, 5.74) is 28.9. The molecule has 11 heterocycles. The monoisotopic (exact) mass is 2030 g/mol. The van der Waals surface area contributed by atoms with Gasteiger partial charge in [0.25, 0.3) is 0 Å². The molecule has 136 heavy (non-hydrogen) atoms. The number of carbonyl (C=O) groups is 2.